The first-order valence-corrected chi connectivity index (χ1v) is 9.92. The Labute approximate surface area is 174 Å². The molecule has 0 saturated carbocycles. The molecule has 1 rings (SSSR count). The molecule has 6 nitrogen and oxygen atoms in total. The van der Waals surface area contributed by atoms with Gasteiger partial charge < -0.3 is 15.4 Å². The summed E-state index contributed by atoms with van der Waals surface area (Å²) in [5, 5.41) is 5.39. The third kappa shape index (κ3) is 8.50. The van der Waals surface area contributed by atoms with E-state index in [9.17, 15) is 14.4 Å². The van der Waals surface area contributed by atoms with Gasteiger partial charge in [-0.3, -0.25) is 9.59 Å². The van der Waals surface area contributed by atoms with Crippen LogP contribution in [-0.4, -0.2) is 36.5 Å². The van der Waals surface area contributed by atoms with Crippen LogP contribution in [0.4, 0.5) is 0 Å². The lowest BCUT2D eigenvalue weighted by Crippen LogP contribution is -2.49. The maximum Gasteiger partial charge on any atom is 0.334 e. The molecule has 0 aliphatic heterocycles. The van der Waals surface area contributed by atoms with Crippen molar-refractivity contribution in [3.63, 3.8) is 0 Å². The average Bonchev–Trinajstić information content (AvgIpc) is 2.63. The van der Waals surface area contributed by atoms with Crippen LogP contribution in [0.2, 0.25) is 0 Å². The quantitative estimate of drug-likeness (QED) is 0.491. The van der Waals surface area contributed by atoms with Crippen molar-refractivity contribution >= 4 is 17.8 Å². The number of carbonyl (C=O) groups excluding carboxylic acids is 3. The molecule has 160 valence electrons. The number of benzene rings is 1. The number of hydrogen-bond acceptors (Lipinski definition) is 4. The van der Waals surface area contributed by atoms with Gasteiger partial charge in [0.1, 0.15) is 11.6 Å². The number of rotatable bonds is 9. The maximum absolute atomic E-state index is 13.1. The highest BCUT2D eigenvalue weighted by Crippen LogP contribution is 2.23. The van der Waals surface area contributed by atoms with Crippen LogP contribution in [-0.2, 0) is 25.5 Å². The second-order valence-electron chi connectivity index (χ2n) is 8.57. The molecule has 0 unspecified atom stereocenters. The summed E-state index contributed by atoms with van der Waals surface area (Å²) in [6.07, 6.45) is 0.773. The normalized spacial score (nSPS) is 13.3. The van der Waals surface area contributed by atoms with E-state index in [0.717, 1.165) is 5.56 Å². The van der Waals surface area contributed by atoms with Gasteiger partial charge >= 0.3 is 5.97 Å². The fourth-order valence-corrected chi connectivity index (χ4v) is 2.87. The van der Waals surface area contributed by atoms with Gasteiger partial charge in [0.15, 0.2) is 0 Å². The lowest BCUT2D eigenvalue weighted by molar-refractivity contribution is -0.151. The van der Waals surface area contributed by atoms with E-state index in [4.69, 9.17) is 4.74 Å². The van der Waals surface area contributed by atoms with E-state index in [0.29, 0.717) is 12.8 Å². The molecule has 0 spiro atoms. The summed E-state index contributed by atoms with van der Waals surface area (Å²) in [5.41, 5.74) is 0.339. The van der Waals surface area contributed by atoms with Crippen LogP contribution in [0.3, 0.4) is 0 Å². The molecule has 0 fully saturated rings. The SMILES string of the molecule is C=C(C(=O)OC(C)(C)C)[C@@H](CC(C)C)C(=O)N[C@@H](Cc1ccccc1)C(=O)NC. The molecule has 1 aromatic carbocycles. The second kappa shape index (κ2) is 10.8. The van der Waals surface area contributed by atoms with Crippen molar-refractivity contribution in [1.29, 1.82) is 0 Å². The van der Waals surface area contributed by atoms with Crippen LogP contribution in [0.5, 0.6) is 0 Å². The van der Waals surface area contributed by atoms with Crippen molar-refractivity contribution in [3.05, 3.63) is 48.0 Å². The minimum atomic E-state index is -0.771. The summed E-state index contributed by atoms with van der Waals surface area (Å²) in [6.45, 7) is 13.0. The van der Waals surface area contributed by atoms with Gasteiger partial charge in [0, 0.05) is 19.0 Å². The standard InChI is InChI=1S/C23H34N2O4/c1-15(2)13-18(16(3)22(28)29-23(4,5)6)20(26)25-19(21(27)24-7)14-17-11-9-8-10-12-17/h8-12,15,18-19H,3,13-14H2,1-2,4-7H3,(H,24,27)(H,25,26)/t18-,19+/m1/s1. The first kappa shape index (κ1) is 24.4. The smallest absolute Gasteiger partial charge is 0.334 e. The fourth-order valence-electron chi connectivity index (χ4n) is 2.87. The molecule has 0 aromatic heterocycles. The molecule has 29 heavy (non-hydrogen) atoms. The minimum Gasteiger partial charge on any atom is -0.457 e. The van der Waals surface area contributed by atoms with Crippen molar-refractivity contribution in [2.75, 3.05) is 7.05 Å². The van der Waals surface area contributed by atoms with Gasteiger partial charge in [0.2, 0.25) is 11.8 Å². The maximum atomic E-state index is 13.1. The van der Waals surface area contributed by atoms with Gasteiger partial charge in [0.05, 0.1) is 5.92 Å². The summed E-state index contributed by atoms with van der Waals surface area (Å²) in [5.74, 6) is -1.92. The molecule has 0 radical (unpaired) electrons. The van der Waals surface area contributed by atoms with E-state index in [-0.39, 0.29) is 17.4 Å². The molecule has 0 aliphatic carbocycles. The van der Waals surface area contributed by atoms with Gasteiger partial charge in [-0.05, 0) is 38.7 Å². The number of carbonyl (C=O) groups is 3. The van der Waals surface area contributed by atoms with E-state index in [2.05, 4.69) is 17.2 Å². The molecule has 0 heterocycles. The van der Waals surface area contributed by atoms with Gasteiger partial charge in [-0.2, -0.15) is 0 Å². The summed E-state index contributed by atoms with van der Waals surface area (Å²) in [7, 11) is 1.53. The highest BCUT2D eigenvalue weighted by Gasteiger charge is 2.32. The molecule has 0 bridgehead atoms. The Kier molecular flexibility index (Phi) is 9.08. The number of hydrogen-bond donors (Lipinski definition) is 2. The minimum absolute atomic E-state index is 0.0986. The second-order valence-corrected chi connectivity index (χ2v) is 8.57. The van der Waals surface area contributed by atoms with Crippen LogP contribution >= 0.6 is 0 Å². The van der Waals surface area contributed by atoms with Crippen LogP contribution in [0.15, 0.2) is 42.5 Å². The molecule has 1 aromatic rings. The summed E-state index contributed by atoms with van der Waals surface area (Å²) in [6, 6.07) is 8.69. The Hall–Kier alpha value is -2.63. The zero-order chi connectivity index (χ0) is 22.2. The molecule has 2 N–H and O–H groups in total. The predicted molar refractivity (Wildman–Crippen MR) is 114 cm³/mol. The van der Waals surface area contributed by atoms with Crippen molar-refractivity contribution < 1.29 is 19.1 Å². The first-order chi connectivity index (χ1) is 13.4. The predicted octanol–water partition coefficient (Wildman–Crippen LogP) is 3.02. The van der Waals surface area contributed by atoms with Crippen LogP contribution < -0.4 is 10.6 Å². The molecule has 0 saturated heterocycles. The monoisotopic (exact) mass is 402 g/mol. The largest absolute Gasteiger partial charge is 0.457 e. The molecule has 2 amide bonds. The van der Waals surface area contributed by atoms with E-state index < -0.39 is 29.4 Å². The molecule has 0 aliphatic rings. The van der Waals surface area contributed by atoms with Crippen molar-refractivity contribution in [1.82, 2.24) is 10.6 Å². The van der Waals surface area contributed by atoms with E-state index in [1.807, 2.05) is 44.2 Å². The topological polar surface area (TPSA) is 84.5 Å². The Morgan fingerprint density at radius 3 is 2.14 bits per heavy atom. The number of likely N-dealkylation sites (N-methyl/N-ethyl adjacent to an activating group) is 1. The molecule has 6 heteroatoms. The zero-order valence-corrected chi connectivity index (χ0v) is 18.4. The van der Waals surface area contributed by atoms with Crippen LogP contribution in [0.25, 0.3) is 0 Å². The zero-order valence-electron chi connectivity index (χ0n) is 18.4. The van der Waals surface area contributed by atoms with Gasteiger partial charge in [-0.15, -0.1) is 0 Å². The van der Waals surface area contributed by atoms with E-state index >= 15 is 0 Å². The Morgan fingerprint density at radius 1 is 1.07 bits per heavy atom. The van der Waals surface area contributed by atoms with Crippen LogP contribution in [0.1, 0.15) is 46.6 Å². The van der Waals surface area contributed by atoms with Crippen LogP contribution in [0, 0.1) is 11.8 Å². The third-order valence-corrected chi connectivity index (χ3v) is 4.27. The van der Waals surface area contributed by atoms with Gasteiger partial charge in [-0.25, -0.2) is 4.79 Å². The summed E-state index contributed by atoms with van der Waals surface area (Å²) >= 11 is 0. The number of nitrogens with one attached hydrogen (secondary N) is 2. The first-order valence-electron chi connectivity index (χ1n) is 9.92. The lowest BCUT2D eigenvalue weighted by atomic mass is 9.89. The number of esters is 1. The van der Waals surface area contributed by atoms with E-state index in [1.54, 1.807) is 20.8 Å². The summed E-state index contributed by atoms with van der Waals surface area (Å²) < 4.78 is 5.38. The Bertz CT molecular complexity index is 720. The lowest BCUT2D eigenvalue weighted by Gasteiger charge is -2.26. The van der Waals surface area contributed by atoms with Crippen molar-refractivity contribution in [2.45, 2.75) is 59.1 Å². The molecule has 2 atom stereocenters. The number of ether oxygens (including phenoxy) is 1. The third-order valence-electron chi connectivity index (χ3n) is 4.27. The highest BCUT2D eigenvalue weighted by molar-refractivity contribution is 5.98. The Morgan fingerprint density at radius 2 is 1.66 bits per heavy atom. The summed E-state index contributed by atoms with van der Waals surface area (Å²) in [4.78, 5) is 37.9. The van der Waals surface area contributed by atoms with Crippen molar-refractivity contribution in [3.8, 4) is 0 Å². The molecular formula is C23H34N2O4. The van der Waals surface area contributed by atoms with Gasteiger partial charge in [0.25, 0.3) is 0 Å². The van der Waals surface area contributed by atoms with E-state index in [1.165, 1.54) is 7.05 Å². The number of amides is 2. The van der Waals surface area contributed by atoms with Crippen molar-refractivity contribution in [2.24, 2.45) is 11.8 Å². The Balaban J connectivity index is 3.01. The average molecular weight is 403 g/mol. The molecular weight excluding hydrogens is 368 g/mol. The fraction of sp³-hybridized carbons (Fsp3) is 0.522. The van der Waals surface area contributed by atoms with Gasteiger partial charge in [-0.1, -0.05) is 50.8 Å². The highest BCUT2D eigenvalue weighted by atomic mass is 16.6.